The molecule has 0 bridgehead atoms. The first-order valence-electron chi connectivity index (χ1n) is 10.6. The fourth-order valence-corrected chi connectivity index (χ4v) is 4.54. The van der Waals surface area contributed by atoms with Crippen molar-refractivity contribution in [3.8, 4) is 11.5 Å². The Kier molecular flexibility index (Phi) is 6.60. The van der Waals surface area contributed by atoms with Gasteiger partial charge in [-0.15, -0.1) is 13.2 Å². The molecule has 3 rings (SSSR count). The van der Waals surface area contributed by atoms with Gasteiger partial charge in [0.15, 0.2) is 11.5 Å². The molecule has 1 N–H and O–H groups in total. The molecule has 5 nitrogen and oxygen atoms in total. The van der Waals surface area contributed by atoms with E-state index in [1.54, 1.807) is 25.1 Å². The van der Waals surface area contributed by atoms with Gasteiger partial charge < -0.3 is 14.7 Å². The van der Waals surface area contributed by atoms with Gasteiger partial charge in [0.05, 0.1) is 5.92 Å². The Morgan fingerprint density at radius 1 is 1.26 bits per heavy atom. The van der Waals surface area contributed by atoms with Crippen molar-refractivity contribution in [2.75, 3.05) is 27.2 Å². The van der Waals surface area contributed by atoms with Crippen molar-refractivity contribution in [1.29, 1.82) is 0 Å². The van der Waals surface area contributed by atoms with E-state index in [1.807, 2.05) is 0 Å². The zero-order chi connectivity index (χ0) is 23.0. The molecule has 0 radical (unpaired) electrons. The lowest BCUT2D eigenvalue weighted by Gasteiger charge is -2.36. The average molecular weight is 441 g/mol. The van der Waals surface area contributed by atoms with Gasteiger partial charge in [-0.2, -0.15) is 0 Å². The number of ether oxygens (including phenoxy) is 1. The molecule has 2 aliphatic rings. The van der Waals surface area contributed by atoms with E-state index in [0.29, 0.717) is 12.0 Å². The van der Waals surface area contributed by atoms with Crippen LogP contribution in [0, 0.1) is 5.92 Å². The molecule has 1 aliphatic heterocycles. The van der Waals surface area contributed by atoms with E-state index >= 15 is 0 Å². The highest BCUT2D eigenvalue weighted by molar-refractivity contribution is 5.82. The van der Waals surface area contributed by atoms with E-state index in [0.717, 1.165) is 38.8 Å². The smallest absolute Gasteiger partial charge is 0.504 e. The topological polar surface area (TPSA) is 53.0 Å². The zero-order valence-electron chi connectivity index (χ0n) is 18.6. The maximum absolute atomic E-state index is 12.6. The van der Waals surface area contributed by atoms with Crippen LogP contribution in [-0.2, 0) is 11.2 Å². The molecule has 1 amide bonds. The standard InChI is InChI=1S/C23H31F3N2O3/c1-22(2,11-10-15-8-9-19(29)20(12-15)31-23(24,25)26)28-13-16-6-5-7-17(18(16)14-28)21(30)27(3)4/h8-9,12,17,29H,5-7,10-11,13-14H2,1-4H3. The second-order valence-corrected chi connectivity index (χ2v) is 9.32. The van der Waals surface area contributed by atoms with Crippen molar-refractivity contribution in [2.45, 2.75) is 57.9 Å². The Morgan fingerprint density at radius 2 is 1.97 bits per heavy atom. The lowest BCUT2D eigenvalue weighted by Crippen LogP contribution is -2.43. The SMILES string of the molecule is CN(C)C(=O)C1CCCC2=C1CN(C(C)(C)CCc1ccc(O)c(OC(F)(F)F)c1)C2. The van der Waals surface area contributed by atoms with E-state index in [2.05, 4.69) is 23.5 Å². The highest BCUT2D eigenvalue weighted by Crippen LogP contribution is 2.40. The van der Waals surface area contributed by atoms with Gasteiger partial charge in [0.1, 0.15) is 0 Å². The number of carbonyl (C=O) groups excluding carboxylic acids is 1. The number of rotatable bonds is 6. The second kappa shape index (κ2) is 8.73. The summed E-state index contributed by atoms with van der Waals surface area (Å²) >= 11 is 0. The second-order valence-electron chi connectivity index (χ2n) is 9.32. The fourth-order valence-electron chi connectivity index (χ4n) is 4.54. The maximum atomic E-state index is 12.6. The summed E-state index contributed by atoms with van der Waals surface area (Å²) in [5, 5.41) is 9.66. The van der Waals surface area contributed by atoms with Crippen molar-refractivity contribution in [3.05, 3.63) is 34.9 Å². The Bertz CT molecular complexity index is 862. The average Bonchev–Trinajstić information content (AvgIpc) is 3.12. The van der Waals surface area contributed by atoms with Crippen molar-refractivity contribution >= 4 is 5.91 Å². The molecular weight excluding hydrogens is 409 g/mol. The molecule has 0 saturated heterocycles. The molecule has 8 heteroatoms. The van der Waals surface area contributed by atoms with Gasteiger partial charge in [0.2, 0.25) is 5.91 Å². The van der Waals surface area contributed by atoms with Crippen LogP contribution in [0.4, 0.5) is 13.2 Å². The van der Waals surface area contributed by atoms with Crippen LogP contribution in [0.5, 0.6) is 11.5 Å². The van der Waals surface area contributed by atoms with E-state index in [-0.39, 0.29) is 17.4 Å². The van der Waals surface area contributed by atoms with Crippen molar-refractivity contribution in [1.82, 2.24) is 9.80 Å². The van der Waals surface area contributed by atoms with Gasteiger partial charge in [-0.1, -0.05) is 11.6 Å². The molecule has 1 aromatic rings. The summed E-state index contributed by atoms with van der Waals surface area (Å²) in [7, 11) is 3.59. The lowest BCUT2D eigenvalue weighted by molar-refractivity contribution is -0.275. The number of hydrogen-bond acceptors (Lipinski definition) is 4. The molecule has 0 fully saturated rings. The summed E-state index contributed by atoms with van der Waals surface area (Å²) in [6.07, 6.45) is -0.656. The van der Waals surface area contributed by atoms with Gasteiger partial charge in [0, 0.05) is 32.7 Å². The normalized spacial score (nSPS) is 20.0. The first-order valence-corrected chi connectivity index (χ1v) is 10.6. The minimum Gasteiger partial charge on any atom is -0.504 e. The van der Waals surface area contributed by atoms with Gasteiger partial charge >= 0.3 is 6.36 Å². The summed E-state index contributed by atoms with van der Waals surface area (Å²) in [6, 6.07) is 4.10. The molecule has 0 saturated carbocycles. The highest BCUT2D eigenvalue weighted by atomic mass is 19.4. The van der Waals surface area contributed by atoms with Crippen molar-refractivity contribution < 1.29 is 27.8 Å². The lowest BCUT2D eigenvalue weighted by atomic mass is 9.83. The largest absolute Gasteiger partial charge is 0.573 e. The van der Waals surface area contributed by atoms with Crippen LogP contribution in [0.25, 0.3) is 0 Å². The predicted molar refractivity (Wildman–Crippen MR) is 112 cm³/mol. The third-order valence-electron chi connectivity index (χ3n) is 6.46. The Labute approximate surface area is 181 Å². The van der Waals surface area contributed by atoms with E-state index < -0.39 is 17.9 Å². The first-order chi connectivity index (χ1) is 14.4. The summed E-state index contributed by atoms with van der Waals surface area (Å²) in [5.74, 6) is -0.994. The van der Waals surface area contributed by atoms with Crippen LogP contribution >= 0.6 is 0 Å². The van der Waals surface area contributed by atoms with Crippen LogP contribution in [0.2, 0.25) is 0 Å². The molecule has 1 heterocycles. The molecular formula is C23H31F3N2O3. The fraction of sp³-hybridized carbons (Fsp3) is 0.609. The molecule has 172 valence electrons. The van der Waals surface area contributed by atoms with Gasteiger partial charge in [0.25, 0.3) is 0 Å². The third kappa shape index (κ3) is 5.53. The number of phenolic OH excluding ortho intramolecular Hbond substituents is 1. The summed E-state index contributed by atoms with van der Waals surface area (Å²) < 4.78 is 41.6. The number of benzene rings is 1. The number of halogens is 3. The van der Waals surface area contributed by atoms with Crippen LogP contribution in [0.1, 0.15) is 45.1 Å². The number of phenols is 1. The number of hydrogen-bond donors (Lipinski definition) is 1. The van der Waals surface area contributed by atoms with Gasteiger partial charge in [-0.05, 0) is 69.2 Å². The molecule has 1 aliphatic carbocycles. The molecule has 1 aromatic carbocycles. The van der Waals surface area contributed by atoms with Crippen LogP contribution in [0.15, 0.2) is 29.3 Å². The summed E-state index contributed by atoms with van der Waals surface area (Å²) in [5.41, 5.74) is 3.09. The van der Waals surface area contributed by atoms with Gasteiger partial charge in [-0.25, -0.2) is 0 Å². The first kappa shape index (κ1) is 23.4. The number of alkyl halides is 3. The van der Waals surface area contributed by atoms with Crippen LogP contribution in [0.3, 0.4) is 0 Å². The maximum Gasteiger partial charge on any atom is 0.573 e. The molecule has 0 spiro atoms. The summed E-state index contributed by atoms with van der Waals surface area (Å²) in [4.78, 5) is 16.7. The van der Waals surface area contributed by atoms with Crippen LogP contribution < -0.4 is 4.74 Å². The number of nitrogens with zero attached hydrogens (tertiary/aromatic N) is 2. The zero-order valence-corrected chi connectivity index (χ0v) is 18.6. The predicted octanol–water partition coefficient (Wildman–Crippen LogP) is 4.50. The van der Waals surface area contributed by atoms with Crippen molar-refractivity contribution in [3.63, 3.8) is 0 Å². The van der Waals surface area contributed by atoms with Crippen molar-refractivity contribution in [2.24, 2.45) is 5.92 Å². The van der Waals surface area contributed by atoms with E-state index in [1.165, 1.54) is 23.3 Å². The minimum atomic E-state index is -4.85. The third-order valence-corrected chi connectivity index (χ3v) is 6.46. The van der Waals surface area contributed by atoms with Crippen LogP contribution in [-0.4, -0.2) is 59.9 Å². The molecule has 31 heavy (non-hydrogen) atoms. The number of amides is 1. The Hall–Kier alpha value is -2.22. The van der Waals surface area contributed by atoms with E-state index in [4.69, 9.17) is 0 Å². The van der Waals surface area contributed by atoms with E-state index in [9.17, 15) is 23.1 Å². The Balaban J connectivity index is 1.66. The summed E-state index contributed by atoms with van der Waals surface area (Å²) in [6.45, 7) is 5.84. The molecule has 0 aromatic heterocycles. The number of carbonyl (C=O) groups is 1. The molecule has 1 atom stereocenters. The number of aryl methyl sites for hydroxylation is 1. The minimum absolute atomic E-state index is 0.0428. The Morgan fingerprint density at radius 3 is 2.61 bits per heavy atom. The monoisotopic (exact) mass is 440 g/mol. The highest BCUT2D eigenvalue weighted by Gasteiger charge is 2.39. The quantitative estimate of drug-likeness (QED) is 0.662. The van der Waals surface area contributed by atoms with Gasteiger partial charge in [-0.3, -0.25) is 9.69 Å². The molecule has 1 unspecified atom stereocenters. The number of aromatic hydroxyl groups is 1.